The second kappa shape index (κ2) is 7.48. The van der Waals surface area contributed by atoms with Gasteiger partial charge in [0.05, 0.1) is 0 Å². The molecule has 0 spiro atoms. The first-order valence-corrected chi connectivity index (χ1v) is 3.89. The normalized spacial score (nSPS) is 16.0. The quantitative estimate of drug-likeness (QED) is 0.584. The molecule has 0 aliphatic rings. The predicted molar refractivity (Wildman–Crippen MR) is 39.4 cm³/mol. The molecule has 0 fully saturated rings. The van der Waals surface area contributed by atoms with Crippen LogP contribution < -0.4 is 0 Å². The molecule has 0 rings (SSSR count). The van der Waals surface area contributed by atoms with Crippen molar-refractivity contribution < 1.29 is 26.0 Å². The fourth-order valence-corrected chi connectivity index (χ4v) is 0.646. The van der Waals surface area contributed by atoms with Crippen molar-refractivity contribution in [3.63, 3.8) is 0 Å². The second-order valence-corrected chi connectivity index (χ2v) is 2.98. The maximum absolute atomic E-state index is 4.85. The molecule has 0 saturated carbocycles. The minimum Gasteiger partial charge on any atom is -0.367 e. The van der Waals surface area contributed by atoms with Gasteiger partial charge in [-0.15, -0.1) is 0 Å². The Balaban J connectivity index is 0. The van der Waals surface area contributed by atoms with Gasteiger partial charge in [0.2, 0.25) is 0 Å². The summed E-state index contributed by atoms with van der Waals surface area (Å²) >= 11 is 6.42. The van der Waals surface area contributed by atoms with Gasteiger partial charge in [-0.05, 0) is 0 Å². The van der Waals surface area contributed by atoms with Gasteiger partial charge in [0.15, 0.2) is 0 Å². The Morgan fingerprint density at radius 2 is 1.22 bits per heavy atom. The predicted octanol–water partition coefficient (Wildman–Crippen LogP) is 1.72. The molecule has 0 aliphatic heterocycles. The second-order valence-electron chi connectivity index (χ2n) is 1.17. The molecule has 0 radical (unpaired) electrons. The number of ether oxygens (including phenoxy) is 2. The van der Waals surface area contributed by atoms with Crippen LogP contribution >= 0.6 is 31.9 Å². The van der Waals surface area contributed by atoms with Crippen molar-refractivity contribution in [2.75, 3.05) is 14.2 Å². The topological polar surface area (TPSA) is 18.5 Å². The van der Waals surface area contributed by atoms with Crippen LogP contribution in [0, 0.1) is 0 Å². The van der Waals surface area contributed by atoms with Gasteiger partial charge in [-0.2, -0.15) is 0 Å². The SMILES string of the molecule is COC(Br)C(Br)OC.[Ni]. The van der Waals surface area contributed by atoms with E-state index in [4.69, 9.17) is 9.47 Å². The maximum Gasteiger partial charge on any atom is 0.148 e. The molecule has 0 bridgehead atoms. The molecule has 0 aromatic heterocycles. The van der Waals surface area contributed by atoms with Crippen LogP contribution in [-0.4, -0.2) is 24.2 Å². The molecule has 60 valence electrons. The van der Waals surface area contributed by atoms with Crippen LogP contribution in [0.1, 0.15) is 0 Å². The summed E-state index contributed by atoms with van der Waals surface area (Å²) in [6.07, 6.45) is 0. The Morgan fingerprint density at radius 1 is 1.00 bits per heavy atom. The van der Waals surface area contributed by atoms with Crippen LogP contribution in [-0.2, 0) is 26.0 Å². The molecule has 0 heterocycles. The van der Waals surface area contributed by atoms with Gasteiger partial charge >= 0.3 is 0 Å². The smallest absolute Gasteiger partial charge is 0.148 e. The van der Waals surface area contributed by atoms with E-state index in [9.17, 15) is 0 Å². The van der Waals surface area contributed by atoms with Crippen LogP contribution in [0.15, 0.2) is 0 Å². The van der Waals surface area contributed by atoms with E-state index in [2.05, 4.69) is 31.9 Å². The summed E-state index contributed by atoms with van der Waals surface area (Å²) in [5.74, 6) is 0. The summed E-state index contributed by atoms with van der Waals surface area (Å²) in [5.41, 5.74) is 0. The van der Waals surface area contributed by atoms with Gasteiger partial charge in [0.25, 0.3) is 0 Å². The molecule has 2 nitrogen and oxygen atoms in total. The number of halogens is 2. The van der Waals surface area contributed by atoms with Gasteiger partial charge in [-0.1, -0.05) is 31.9 Å². The van der Waals surface area contributed by atoms with Crippen LogP contribution in [0.4, 0.5) is 0 Å². The van der Waals surface area contributed by atoms with Crippen LogP contribution in [0.25, 0.3) is 0 Å². The van der Waals surface area contributed by atoms with E-state index in [1.807, 2.05) is 0 Å². The van der Waals surface area contributed by atoms with Crippen molar-refractivity contribution in [1.29, 1.82) is 0 Å². The summed E-state index contributed by atoms with van der Waals surface area (Å²) in [6.45, 7) is 0. The van der Waals surface area contributed by atoms with E-state index < -0.39 is 0 Å². The van der Waals surface area contributed by atoms with Gasteiger partial charge in [0, 0.05) is 30.7 Å². The molecule has 0 amide bonds. The molecule has 0 aromatic carbocycles. The molecule has 5 heteroatoms. The Hall–Kier alpha value is 1.37. The maximum atomic E-state index is 4.85. The van der Waals surface area contributed by atoms with Crippen LogP contribution in [0.3, 0.4) is 0 Å². The van der Waals surface area contributed by atoms with Gasteiger partial charge in [0.1, 0.15) is 10.0 Å². The van der Waals surface area contributed by atoms with E-state index in [1.54, 1.807) is 14.2 Å². The molecule has 2 unspecified atom stereocenters. The van der Waals surface area contributed by atoms with E-state index in [1.165, 1.54) is 0 Å². The van der Waals surface area contributed by atoms with E-state index in [0.29, 0.717) is 0 Å². The molecule has 9 heavy (non-hydrogen) atoms. The van der Waals surface area contributed by atoms with Gasteiger partial charge in [-0.25, -0.2) is 0 Å². The molecule has 0 aliphatic carbocycles. The Bertz CT molecular complexity index is 56.5. The number of hydrogen-bond donors (Lipinski definition) is 0. The molecular formula is C4H8Br2NiO2. The molecule has 2 atom stereocenters. The molecule has 0 aromatic rings. The van der Waals surface area contributed by atoms with Crippen molar-refractivity contribution in [2.45, 2.75) is 10.0 Å². The summed E-state index contributed by atoms with van der Waals surface area (Å²) < 4.78 is 9.70. The molecule has 0 N–H and O–H groups in total. The zero-order chi connectivity index (χ0) is 6.57. The Labute approximate surface area is 81.8 Å². The third-order valence-electron chi connectivity index (χ3n) is 0.656. The third kappa shape index (κ3) is 5.80. The van der Waals surface area contributed by atoms with Gasteiger partial charge < -0.3 is 9.47 Å². The minimum atomic E-state index is -0.0764. The van der Waals surface area contributed by atoms with Crippen molar-refractivity contribution in [1.82, 2.24) is 0 Å². The average molecular weight is 307 g/mol. The van der Waals surface area contributed by atoms with E-state index >= 15 is 0 Å². The Morgan fingerprint density at radius 3 is 1.33 bits per heavy atom. The van der Waals surface area contributed by atoms with Gasteiger partial charge in [-0.3, -0.25) is 0 Å². The largest absolute Gasteiger partial charge is 0.367 e. The van der Waals surface area contributed by atoms with Crippen molar-refractivity contribution in [3.05, 3.63) is 0 Å². The summed E-state index contributed by atoms with van der Waals surface area (Å²) in [5, 5.41) is -0.153. The fourth-order valence-electron chi connectivity index (χ4n) is 0.214. The van der Waals surface area contributed by atoms with Crippen molar-refractivity contribution in [3.8, 4) is 0 Å². The first-order chi connectivity index (χ1) is 3.72. The summed E-state index contributed by atoms with van der Waals surface area (Å²) in [4.78, 5) is 0. The van der Waals surface area contributed by atoms with Crippen molar-refractivity contribution >= 4 is 31.9 Å². The molecular weight excluding hydrogens is 299 g/mol. The van der Waals surface area contributed by atoms with Crippen LogP contribution in [0.2, 0.25) is 0 Å². The van der Waals surface area contributed by atoms with E-state index in [-0.39, 0.29) is 26.5 Å². The zero-order valence-corrected chi connectivity index (χ0v) is 9.20. The number of alkyl halides is 2. The molecule has 0 saturated heterocycles. The zero-order valence-electron chi connectivity index (χ0n) is 5.04. The average Bonchev–Trinajstić information content (AvgIpc) is 1.84. The minimum absolute atomic E-state index is 0. The third-order valence-corrected chi connectivity index (χ3v) is 3.07. The van der Waals surface area contributed by atoms with Crippen LogP contribution in [0.5, 0.6) is 0 Å². The standard InChI is InChI=1S/C4H8Br2O2.Ni/c1-7-3(5)4(6)8-2;/h3-4H,1-2H3;. The number of hydrogen-bond acceptors (Lipinski definition) is 2. The summed E-state index contributed by atoms with van der Waals surface area (Å²) in [6, 6.07) is 0. The van der Waals surface area contributed by atoms with E-state index in [0.717, 1.165) is 0 Å². The monoisotopic (exact) mass is 304 g/mol. The first kappa shape index (κ1) is 13.0. The fraction of sp³-hybridized carbons (Fsp3) is 1.00. The summed E-state index contributed by atoms with van der Waals surface area (Å²) in [7, 11) is 3.21. The Kier molecular flexibility index (Phi) is 10.8. The van der Waals surface area contributed by atoms with Crippen molar-refractivity contribution in [2.24, 2.45) is 0 Å². The number of methoxy groups -OCH3 is 2. The number of rotatable bonds is 3. The first-order valence-electron chi connectivity index (χ1n) is 2.06.